The first kappa shape index (κ1) is 26.9. The summed E-state index contributed by atoms with van der Waals surface area (Å²) in [5, 5.41) is 12.8. The molecule has 2 saturated heterocycles. The second-order valence-corrected chi connectivity index (χ2v) is 12.2. The normalized spacial score (nSPS) is 22.9. The van der Waals surface area contributed by atoms with Crippen LogP contribution in [0.4, 0.5) is 4.79 Å². The molecule has 1 N–H and O–H groups in total. The monoisotopic (exact) mass is 527 g/mol. The van der Waals surface area contributed by atoms with Crippen molar-refractivity contribution in [2.24, 2.45) is 11.8 Å². The van der Waals surface area contributed by atoms with Crippen LogP contribution in [0, 0.1) is 23.2 Å². The maximum atomic E-state index is 13.6. The lowest BCUT2D eigenvalue weighted by Gasteiger charge is -2.50. The molecule has 3 heterocycles. The molecule has 2 atom stereocenters. The van der Waals surface area contributed by atoms with Gasteiger partial charge in [0.05, 0.1) is 18.0 Å². The molecule has 2 bridgehead atoms. The third kappa shape index (κ3) is 5.85. The molecule has 3 aliphatic heterocycles. The van der Waals surface area contributed by atoms with Crippen molar-refractivity contribution in [3.8, 4) is 17.2 Å². The first-order valence-corrected chi connectivity index (χ1v) is 14.1. The fourth-order valence-electron chi connectivity index (χ4n) is 6.40. The first-order valence-electron chi connectivity index (χ1n) is 14.1. The lowest BCUT2D eigenvalue weighted by atomic mass is 9.72. The van der Waals surface area contributed by atoms with Gasteiger partial charge in [-0.05, 0) is 93.5 Å². The fourth-order valence-corrected chi connectivity index (χ4v) is 6.40. The number of benzene rings is 2. The molecular weight excluding hydrogens is 490 g/mol. The molecule has 1 aliphatic carbocycles. The highest BCUT2D eigenvalue weighted by molar-refractivity contribution is 5.97. The van der Waals surface area contributed by atoms with E-state index in [0.717, 1.165) is 59.9 Å². The van der Waals surface area contributed by atoms with Crippen molar-refractivity contribution in [2.75, 3.05) is 6.54 Å². The second kappa shape index (κ2) is 10.8. The molecule has 7 heteroatoms. The molecule has 2 amide bonds. The molecule has 0 radical (unpaired) electrons. The molecule has 6 rings (SSSR count). The van der Waals surface area contributed by atoms with Crippen LogP contribution in [-0.4, -0.2) is 46.9 Å². The Morgan fingerprint density at radius 2 is 1.77 bits per heavy atom. The van der Waals surface area contributed by atoms with Crippen LogP contribution < -0.4 is 5.32 Å². The van der Waals surface area contributed by atoms with Gasteiger partial charge >= 0.3 is 6.09 Å². The van der Waals surface area contributed by atoms with Crippen molar-refractivity contribution >= 4 is 17.8 Å². The van der Waals surface area contributed by atoms with Crippen LogP contribution >= 0.6 is 0 Å². The van der Waals surface area contributed by atoms with E-state index in [2.05, 4.69) is 17.5 Å². The summed E-state index contributed by atoms with van der Waals surface area (Å²) in [4.78, 5) is 40.4. The molecule has 3 fully saturated rings. The Morgan fingerprint density at radius 3 is 2.44 bits per heavy atom. The van der Waals surface area contributed by atoms with E-state index < -0.39 is 23.7 Å². The van der Waals surface area contributed by atoms with E-state index in [1.165, 1.54) is 0 Å². The van der Waals surface area contributed by atoms with Gasteiger partial charge in [0, 0.05) is 24.6 Å². The summed E-state index contributed by atoms with van der Waals surface area (Å²) in [5.41, 5.74) is 4.25. The van der Waals surface area contributed by atoms with Crippen LogP contribution in [0.5, 0.6) is 0 Å². The van der Waals surface area contributed by atoms with Gasteiger partial charge in [0.1, 0.15) is 5.60 Å². The molecule has 1 saturated carbocycles. The average Bonchev–Trinajstić information content (AvgIpc) is 2.92. The maximum absolute atomic E-state index is 13.6. The predicted octanol–water partition coefficient (Wildman–Crippen LogP) is 5.46. The lowest BCUT2D eigenvalue weighted by Crippen LogP contribution is -2.61. The van der Waals surface area contributed by atoms with Crippen LogP contribution in [0.3, 0.4) is 0 Å². The van der Waals surface area contributed by atoms with Crippen molar-refractivity contribution in [3.63, 3.8) is 0 Å². The number of hydrogen-bond acceptors (Lipinski definition) is 5. The van der Waals surface area contributed by atoms with E-state index in [-0.39, 0.29) is 30.1 Å². The summed E-state index contributed by atoms with van der Waals surface area (Å²) in [7, 11) is 0. The van der Waals surface area contributed by atoms with E-state index >= 15 is 0 Å². The molecule has 2 aromatic carbocycles. The van der Waals surface area contributed by atoms with Gasteiger partial charge in [-0.2, -0.15) is 5.26 Å². The van der Waals surface area contributed by atoms with Gasteiger partial charge in [0.2, 0.25) is 0 Å². The molecule has 0 unspecified atom stereocenters. The predicted molar refractivity (Wildman–Crippen MR) is 148 cm³/mol. The molecule has 204 valence electrons. The van der Waals surface area contributed by atoms with Gasteiger partial charge in [0.15, 0.2) is 5.78 Å². The van der Waals surface area contributed by atoms with Crippen LogP contribution in [0.1, 0.15) is 74.4 Å². The maximum Gasteiger partial charge on any atom is 0.411 e. The van der Waals surface area contributed by atoms with E-state index in [9.17, 15) is 19.6 Å². The van der Waals surface area contributed by atoms with Crippen LogP contribution in [0.25, 0.3) is 11.1 Å². The standard InChI is InChI=1S/C32H37N3O4/c1-32(2,3)39-31(38)35-26-11-8-23(9-12-26)29(35)28(36)17-21(19-33)16-20-4-6-22(7-5-20)24-10-13-27-25(18-24)14-15-34-30(27)37/h4-7,10,13,18,21,23,26,29H,8-9,11-12,14-17H2,1-3H3,(H,34,37)/t21-,23?,26?,29+/m1/s1. The lowest BCUT2D eigenvalue weighted by molar-refractivity contribution is -0.133. The number of nitrogens with zero attached hydrogens (tertiary/aromatic N) is 2. The zero-order valence-electron chi connectivity index (χ0n) is 23.0. The fraction of sp³-hybridized carbons (Fsp3) is 0.500. The van der Waals surface area contributed by atoms with E-state index in [1.54, 1.807) is 4.90 Å². The summed E-state index contributed by atoms with van der Waals surface area (Å²) in [6, 6.07) is 15.9. The van der Waals surface area contributed by atoms with Gasteiger partial charge in [-0.1, -0.05) is 36.4 Å². The van der Waals surface area contributed by atoms with Crippen LogP contribution in [0.2, 0.25) is 0 Å². The van der Waals surface area contributed by atoms with Crippen molar-refractivity contribution in [2.45, 2.75) is 83.4 Å². The molecule has 0 spiro atoms. The number of carbonyl (C=O) groups excluding carboxylic acids is 3. The van der Waals surface area contributed by atoms with Gasteiger partial charge in [-0.25, -0.2) is 4.79 Å². The number of piperidine rings is 2. The Balaban J connectivity index is 1.26. The largest absolute Gasteiger partial charge is 0.444 e. The Kier molecular flexibility index (Phi) is 7.48. The molecule has 4 aliphatic rings. The minimum atomic E-state index is -0.629. The number of nitrogens with one attached hydrogen (secondary N) is 1. The SMILES string of the molecule is CC(C)(C)OC(=O)N1C2CCC(CC2)[C@H]1C(=O)C[C@H](C#N)Cc1ccc(-c2ccc3c(c2)CCNC3=O)cc1. The third-order valence-electron chi connectivity index (χ3n) is 8.24. The summed E-state index contributed by atoms with van der Waals surface area (Å²) < 4.78 is 5.67. The Hall–Kier alpha value is -3.66. The van der Waals surface area contributed by atoms with Crippen LogP contribution in [0.15, 0.2) is 42.5 Å². The average molecular weight is 528 g/mol. The summed E-state index contributed by atoms with van der Waals surface area (Å²) >= 11 is 0. The Morgan fingerprint density at radius 1 is 1.08 bits per heavy atom. The minimum Gasteiger partial charge on any atom is -0.444 e. The highest BCUT2D eigenvalue weighted by Gasteiger charge is 2.48. The molecular formula is C32H37N3O4. The number of fused-ring (bicyclic) bond motifs is 4. The molecule has 7 nitrogen and oxygen atoms in total. The highest BCUT2D eigenvalue weighted by atomic mass is 16.6. The van der Waals surface area contributed by atoms with Crippen molar-refractivity contribution < 1.29 is 19.1 Å². The highest BCUT2D eigenvalue weighted by Crippen LogP contribution is 2.41. The van der Waals surface area contributed by atoms with Gasteiger partial charge in [-0.3, -0.25) is 14.5 Å². The van der Waals surface area contributed by atoms with E-state index in [1.807, 2.05) is 57.2 Å². The Bertz CT molecular complexity index is 1300. The number of hydrogen-bond donors (Lipinski definition) is 1. The second-order valence-electron chi connectivity index (χ2n) is 12.2. The topological polar surface area (TPSA) is 99.5 Å². The summed E-state index contributed by atoms with van der Waals surface area (Å²) in [6.45, 7) is 6.17. The summed E-state index contributed by atoms with van der Waals surface area (Å²) in [5.74, 6) is -0.384. The van der Waals surface area contributed by atoms with E-state index in [0.29, 0.717) is 13.0 Å². The number of rotatable bonds is 6. The van der Waals surface area contributed by atoms with Crippen molar-refractivity contribution in [1.82, 2.24) is 10.2 Å². The van der Waals surface area contributed by atoms with Gasteiger partial charge in [0.25, 0.3) is 5.91 Å². The number of Topliss-reactive ketones (excluding diaryl/α,β-unsaturated/α-hetero) is 1. The smallest absolute Gasteiger partial charge is 0.411 e. The third-order valence-corrected chi connectivity index (χ3v) is 8.24. The number of ether oxygens (including phenoxy) is 1. The number of ketones is 1. The summed E-state index contributed by atoms with van der Waals surface area (Å²) in [6.07, 6.45) is 4.68. The van der Waals surface area contributed by atoms with Crippen molar-refractivity contribution in [3.05, 3.63) is 59.2 Å². The zero-order valence-corrected chi connectivity index (χ0v) is 23.0. The van der Waals surface area contributed by atoms with Crippen LogP contribution in [-0.2, 0) is 22.4 Å². The Labute approximate surface area is 230 Å². The van der Waals surface area contributed by atoms with Gasteiger partial charge in [-0.15, -0.1) is 0 Å². The number of carbonyl (C=O) groups is 3. The number of amides is 2. The molecule has 39 heavy (non-hydrogen) atoms. The quantitative estimate of drug-likeness (QED) is 0.538. The van der Waals surface area contributed by atoms with Crippen molar-refractivity contribution in [1.29, 1.82) is 5.26 Å². The molecule has 0 aromatic heterocycles. The molecule has 2 aromatic rings. The first-order chi connectivity index (χ1) is 18.6. The van der Waals surface area contributed by atoms with Gasteiger partial charge < -0.3 is 10.1 Å². The zero-order chi connectivity index (χ0) is 27.7. The number of nitriles is 1. The van der Waals surface area contributed by atoms with E-state index in [4.69, 9.17) is 4.74 Å². The minimum absolute atomic E-state index is 0.0227.